The number of primary amides is 1. The highest BCUT2D eigenvalue weighted by Crippen LogP contribution is 2.27. The van der Waals surface area contributed by atoms with Crippen LogP contribution in [0.1, 0.15) is 33.0 Å². The molecule has 10 heteroatoms. The first-order valence-corrected chi connectivity index (χ1v) is 9.42. The number of urea groups is 1. The fourth-order valence-corrected chi connectivity index (χ4v) is 3.55. The topological polar surface area (TPSA) is 122 Å². The number of halogens is 1. The van der Waals surface area contributed by atoms with E-state index in [0.717, 1.165) is 25.9 Å². The maximum absolute atomic E-state index is 12.6. The lowest BCUT2D eigenvalue weighted by Crippen LogP contribution is -2.45. The molecule has 1 fully saturated rings. The number of carbonyl (C=O) groups is 2. The lowest BCUT2D eigenvalue weighted by molar-refractivity contribution is 0.0935. The van der Waals surface area contributed by atoms with Crippen LogP contribution in [-0.4, -0.2) is 41.0 Å². The highest BCUT2D eigenvalue weighted by atomic mass is 35.5. The maximum atomic E-state index is 12.6. The van der Waals surface area contributed by atoms with Crippen molar-refractivity contribution in [1.29, 1.82) is 0 Å². The Morgan fingerprint density at radius 3 is 2.78 bits per heavy atom. The Kier molecular flexibility index (Phi) is 6.24. The number of rotatable bonds is 3. The summed E-state index contributed by atoms with van der Waals surface area (Å²) in [6, 6.07) is 0.926. The third kappa shape index (κ3) is 5.40. The SMILES string of the molecule is NC(=O)Nc1cc(C#Cc2cnc(Cl)nc2)sc1C(=O)N[C@H]1CCCNC1. The number of amides is 3. The van der Waals surface area contributed by atoms with Crippen molar-refractivity contribution in [3.63, 3.8) is 0 Å². The van der Waals surface area contributed by atoms with Gasteiger partial charge in [0.05, 0.1) is 16.1 Å². The van der Waals surface area contributed by atoms with Gasteiger partial charge in [-0.3, -0.25) is 4.79 Å². The molecule has 0 aromatic carbocycles. The van der Waals surface area contributed by atoms with E-state index in [-0.39, 0.29) is 17.2 Å². The van der Waals surface area contributed by atoms with Gasteiger partial charge in [0.2, 0.25) is 5.28 Å². The van der Waals surface area contributed by atoms with Crippen molar-refractivity contribution >= 4 is 40.6 Å². The minimum atomic E-state index is -0.744. The van der Waals surface area contributed by atoms with Gasteiger partial charge >= 0.3 is 6.03 Å². The molecule has 1 atom stereocenters. The van der Waals surface area contributed by atoms with Crippen LogP contribution >= 0.6 is 22.9 Å². The van der Waals surface area contributed by atoms with Crippen LogP contribution in [0.2, 0.25) is 5.28 Å². The number of hydrogen-bond donors (Lipinski definition) is 4. The largest absolute Gasteiger partial charge is 0.351 e. The van der Waals surface area contributed by atoms with Gasteiger partial charge in [-0.2, -0.15) is 0 Å². The summed E-state index contributed by atoms with van der Waals surface area (Å²) in [7, 11) is 0. The van der Waals surface area contributed by atoms with Crippen LogP contribution in [0, 0.1) is 11.8 Å². The zero-order valence-electron chi connectivity index (χ0n) is 14.2. The van der Waals surface area contributed by atoms with E-state index in [2.05, 4.69) is 37.8 Å². The number of carbonyl (C=O) groups excluding carboxylic acids is 2. The van der Waals surface area contributed by atoms with Crippen LogP contribution < -0.4 is 21.7 Å². The number of anilines is 1. The number of nitrogens with zero attached hydrogens (tertiary/aromatic N) is 2. The standard InChI is InChI=1S/C17H17ClN6O2S/c18-16-21-7-10(8-22-16)3-4-12-6-13(24-17(19)26)14(27-12)15(25)23-11-2-1-5-20-9-11/h6-8,11,20H,1-2,5,9H2,(H,23,25)(H3,19,24,26)/t11-/m0/s1. The third-order valence-electron chi connectivity index (χ3n) is 3.78. The summed E-state index contributed by atoms with van der Waals surface area (Å²) < 4.78 is 0. The number of nitrogens with two attached hydrogens (primary N) is 1. The molecule has 1 saturated heterocycles. The van der Waals surface area contributed by atoms with E-state index in [9.17, 15) is 9.59 Å². The van der Waals surface area contributed by atoms with Crippen LogP contribution in [-0.2, 0) is 0 Å². The van der Waals surface area contributed by atoms with Crippen LogP contribution in [0.5, 0.6) is 0 Å². The molecule has 2 aromatic rings. The summed E-state index contributed by atoms with van der Waals surface area (Å²) in [6.45, 7) is 1.67. The lowest BCUT2D eigenvalue weighted by Gasteiger charge is -2.23. The van der Waals surface area contributed by atoms with Gasteiger partial charge in [0, 0.05) is 25.0 Å². The molecule has 3 rings (SSSR count). The molecule has 0 spiro atoms. The Morgan fingerprint density at radius 2 is 2.11 bits per heavy atom. The van der Waals surface area contributed by atoms with E-state index in [4.69, 9.17) is 17.3 Å². The Balaban J connectivity index is 1.81. The van der Waals surface area contributed by atoms with Gasteiger partial charge in [0.25, 0.3) is 5.91 Å². The second-order valence-corrected chi connectivity index (χ2v) is 7.24. The molecular weight excluding hydrogens is 388 g/mol. The molecule has 0 aliphatic carbocycles. The Morgan fingerprint density at radius 1 is 1.33 bits per heavy atom. The summed E-state index contributed by atoms with van der Waals surface area (Å²) in [5.74, 6) is 5.56. The molecule has 140 valence electrons. The van der Waals surface area contributed by atoms with Crippen LogP contribution in [0.3, 0.4) is 0 Å². The molecule has 1 aliphatic rings. The first kappa shape index (κ1) is 19.1. The normalized spacial score (nSPS) is 16.1. The smallest absolute Gasteiger partial charge is 0.316 e. The van der Waals surface area contributed by atoms with Gasteiger partial charge in [-0.25, -0.2) is 14.8 Å². The third-order valence-corrected chi connectivity index (χ3v) is 5.02. The molecule has 8 nitrogen and oxygen atoms in total. The molecule has 2 aromatic heterocycles. The van der Waals surface area contributed by atoms with Crippen LogP contribution in [0.4, 0.5) is 10.5 Å². The summed E-state index contributed by atoms with van der Waals surface area (Å²) in [6.07, 6.45) is 4.91. The number of nitrogens with one attached hydrogen (secondary N) is 3. The predicted molar refractivity (Wildman–Crippen MR) is 104 cm³/mol. The zero-order valence-corrected chi connectivity index (χ0v) is 15.8. The van der Waals surface area contributed by atoms with E-state index in [1.165, 1.54) is 23.7 Å². The minimum absolute atomic E-state index is 0.0514. The number of piperidine rings is 1. The molecule has 0 radical (unpaired) electrons. The Hall–Kier alpha value is -2.67. The fourth-order valence-electron chi connectivity index (χ4n) is 2.58. The predicted octanol–water partition coefficient (Wildman–Crippen LogP) is 1.56. The van der Waals surface area contributed by atoms with Crippen molar-refractivity contribution < 1.29 is 9.59 Å². The molecular formula is C17H17ClN6O2S. The second kappa shape index (κ2) is 8.81. The van der Waals surface area contributed by atoms with Crippen molar-refractivity contribution in [3.8, 4) is 11.8 Å². The van der Waals surface area contributed by atoms with Crippen molar-refractivity contribution in [2.75, 3.05) is 18.4 Å². The fraction of sp³-hybridized carbons (Fsp3) is 0.294. The van der Waals surface area contributed by atoms with Crippen molar-refractivity contribution in [1.82, 2.24) is 20.6 Å². The van der Waals surface area contributed by atoms with E-state index in [1.54, 1.807) is 6.07 Å². The number of aromatic nitrogens is 2. The monoisotopic (exact) mass is 404 g/mol. The highest BCUT2D eigenvalue weighted by Gasteiger charge is 2.21. The van der Waals surface area contributed by atoms with Gasteiger partial charge in [-0.15, -0.1) is 11.3 Å². The van der Waals surface area contributed by atoms with E-state index >= 15 is 0 Å². The Bertz CT molecular complexity index is 896. The Labute approximate surface area is 164 Å². The number of thiophene rings is 1. The van der Waals surface area contributed by atoms with Gasteiger partial charge in [-0.1, -0.05) is 11.8 Å². The van der Waals surface area contributed by atoms with E-state index in [0.29, 0.717) is 21.0 Å². The quantitative estimate of drug-likeness (QED) is 0.457. The summed E-state index contributed by atoms with van der Waals surface area (Å²) in [4.78, 5) is 32.6. The second-order valence-electron chi connectivity index (χ2n) is 5.85. The van der Waals surface area contributed by atoms with Crippen molar-refractivity contribution in [2.24, 2.45) is 5.73 Å². The lowest BCUT2D eigenvalue weighted by atomic mass is 10.1. The first-order chi connectivity index (χ1) is 13.0. The zero-order chi connectivity index (χ0) is 19.2. The minimum Gasteiger partial charge on any atom is -0.351 e. The first-order valence-electron chi connectivity index (χ1n) is 8.22. The molecule has 0 unspecified atom stereocenters. The average Bonchev–Trinajstić information content (AvgIpc) is 3.04. The summed E-state index contributed by atoms with van der Waals surface area (Å²) in [5.41, 5.74) is 6.13. The van der Waals surface area contributed by atoms with E-state index in [1.807, 2.05) is 0 Å². The van der Waals surface area contributed by atoms with Crippen molar-refractivity contribution in [2.45, 2.75) is 18.9 Å². The molecule has 0 bridgehead atoms. The molecule has 3 amide bonds. The van der Waals surface area contributed by atoms with Crippen LogP contribution in [0.15, 0.2) is 18.5 Å². The molecule has 27 heavy (non-hydrogen) atoms. The van der Waals surface area contributed by atoms with E-state index < -0.39 is 6.03 Å². The molecule has 3 heterocycles. The summed E-state index contributed by atoms with van der Waals surface area (Å²) >= 11 is 6.82. The molecule has 5 N–H and O–H groups in total. The molecule has 1 aliphatic heterocycles. The van der Waals surface area contributed by atoms with Crippen molar-refractivity contribution in [3.05, 3.63) is 39.1 Å². The van der Waals surface area contributed by atoms with Crippen LogP contribution in [0.25, 0.3) is 0 Å². The van der Waals surface area contributed by atoms with Gasteiger partial charge in [0.1, 0.15) is 4.88 Å². The molecule has 0 saturated carbocycles. The van der Waals surface area contributed by atoms with Gasteiger partial charge in [-0.05, 0) is 37.1 Å². The number of hydrogen-bond acceptors (Lipinski definition) is 6. The summed E-state index contributed by atoms with van der Waals surface area (Å²) in [5, 5.41) is 8.84. The van der Waals surface area contributed by atoms with Gasteiger partial charge < -0.3 is 21.7 Å². The highest BCUT2D eigenvalue weighted by molar-refractivity contribution is 7.15. The maximum Gasteiger partial charge on any atom is 0.316 e. The average molecular weight is 405 g/mol. The van der Waals surface area contributed by atoms with Gasteiger partial charge in [0.15, 0.2) is 0 Å².